The van der Waals surface area contributed by atoms with Gasteiger partial charge in [0.05, 0.1) is 21.5 Å². The van der Waals surface area contributed by atoms with E-state index in [1.807, 2.05) is 6.08 Å². The number of hydrogen-bond acceptors (Lipinski definition) is 4. The van der Waals surface area contributed by atoms with Crippen LogP contribution in [0.4, 0.5) is 5.69 Å². The zero-order valence-corrected chi connectivity index (χ0v) is 16.6. The van der Waals surface area contributed by atoms with Crippen molar-refractivity contribution in [3.8, 4) is 0 Å². The minimum Gasteiger partial charge on any atom is -0.323 e. The number of carbonyl (C=O) groups is 1. The van der Waals surface area contributed by atoms with Gasteiger partial charge in [0.1, 0.15) is 5.82 Å². The second kappa shape index (κ2) is 8.93. The van der Waals surface area contributed by atoms with Gasteiger partial charge in [0.2, 0.25) is 5.91 Å². The van der Waals surface area contributed by atoms with E-state index >= 15 is 0 Å². The number of anilines is 1. The average Bonchev–Trinajstić information content (AvgIpc) is 3.26. The topological polar surface area (TPSA) is 59.8 Å². The maximum atomic E-state index is 12.3. The van der Waals surface area contributed by atoms with Gasteiger partial charge in [-0.3, -0.25) is 4.79 Å². The van der Waals surface area contributed by atoms with Crippen molar-refractivity contribution in [2.75, 3.05) is 11.1 Å². The highest BCUT2D eigenvalue weighted by Gasteiger charge is 2.24. The Kier molecular flexibility index (Phi) is 6.62. The smallest absolute Gasteiger partial charge is 0.234 e. The van der Waals surface area contributed by atoms with Gasteiger partial charge in [-0.15, -0.1) is 16.8 Å². The molecule has 1 aliphatic rings. The van der Waals surface area contributed by atoms with Gasteiger partial charge in [0.15, 0.2) is 5.16 Å². The lowest BCUT2D eigenvalue weighted by Gasteiger charge is -2.12. The number of benzene rings is 1. The van der Waals surface area contributed by atoms with Crippen molar-refractivity contribution in [2.45, 2.75) is 43.3 Å². The quantitative estimate of drug-likeness (QED) is 0.505. The first-order valence-corrected chi connectivity index (χ1v) is 10.2. The van der Waals surface area contributed by atoms with Crippen molar-refractivity contribution < 1.29 is 4.79 Å². The molecule has 1 fully saturated rings. The molecular weight excluding hydrogens is 391 g/mol. The molecule has 1 aromatic carbocycles. The number of aromatic nitrogens is 3. The van der Waals surface area contributed by atoms with Crippen LogP contribution in [0.15, 0.2) is 36.0 Å². The number of amides is 1. The SMILES string of the molecule is C=CCn1c(SCC(=O)Nc2c(Cl)cccc2Cl)nnc1C1CCCC1. The lowest BCUT2D eigenvalue weighted by molar-refractivity contribution is -0.113. The van der Waals surface area contributed by atoms with Gasteiger partial charge in [-0.1, -0.05) is 59.9 Å². The number of nitrogens with zero attached hydrogens (tertiary/aromatic N) is 3. The fourth-order valence-corrected chi connectivity index (χ4v) is 4.36. The van der Waals surface area contributed by atoms with Crippen LogP contribution < -0.4 is 5.32 Å². The molecule has 3 rings (SSSR count). The fourth-order valence-electron chi connectivity index (χ4n) is 3.12. The number of para-hydroxylation sites is 1. The monoisotopic (exact) mass is 410 g/mol. The van der Waals surface area contributed by atoms with Crippen molar-refractivity contribution in [3.63, 3.8) is 0 Å². The number of thioether (sulfide) groups is 1. The van der Waals surface area contributed by atoms with Crippen LogP contribution in [0.3, 0.4) is 0 Å². The molecule has 0 radical (unpaired) electrons. The summed E-state index contributed by atoms with van der Waals surface area (Å²) in [7, 11) is 0. The molecule has 8 heteroatoms. The second-order valence-electron chi connectivity index (χ2n) is 6.15. The Balaban J connectivity index is 1.67. The molecule has 2 aromatic rings. The number of carbonyl (C=O) groups excluding carboxylic acids is 1. The van der Waals surface area contributed by atoms with Crippen LogP contribution in [0.5, 0.6) is 0 Å². The first-order chi connectivity index (χ1) is 12.6. The largest absolute Gasteiger partial charge is 0.323 e. The molecule has 0 atom stereocenters. The molecule has 0 unspecified atom stereocenters. The van der Waals surface area contributed by atoms with Gasteiger partial charge in [0, 0.05) is 12.5 Å². The molecule has 138 valence electrons. The standard InChI is InChI=1S/C18H20Cl2N4OS/c1-2-10-24-17(12-6-3-4-7-12)22-23-18(24)26-11-15(25)21-16-13(19)8-5-9-14(16)20/h2,5,8-9,12H,1,3-4,6-7,10-11H2,(H,21,25). The van der Waals surface area contributed by atoms with Crippen molar-refractivity contribution in [3.05, 3.63) is 46.7 Å². The number of halogens is 2. The summed E-state index contributed by atoms with van der Waals surface area (Å²) in [6.07, 6.45) is 6.58. The minimum atomic E-state index is -0.194. The molecule has 1 aliphatic carbocycles. The van der Waals surface area contributed by atoms with E-state index < -0.39 is 0 Å². The molecule has 0 aliphatic heterocycles. The third-order valence-corrected chi connectivity index (χ3v) is 5.93. The Morgan fingerprint density at radius 3 is 2.65 bits per heavy atom. The summed E-state index contributed by atoms with van der Waals surface area (Å²) in [6.45, 7) is 4.46. The van der Waals surface area contributed by atoms with E-state index in [1.54, 1.807) is 18.2 Å². The van der Waals surface area contributed by atoms with Gasteiger partial charge >= 0.3 is 0 Å². The minimum absolute atomic E-state index is 0.194. The van der Waals surface area contributed by atoms with Crippen LogP contribution in [0.25, 0.3) is 0 Å². The molecular formula is C18H20Cl2N4OS. The molecule has 1 N–H and O–H groups in total. The van der Waals surface area contributed by atoms with Crippen LogP contribution in [-0.2, 0) is 11.3 Å². The molecule has 0 spiro atoms. The van der Waals surface area contributed by atoms with Crippen molar-refractivity contribution >= 4 is 46.6 Å². The summed E-state index contributed by atoms with van der Waals surface area (Å²) in [5.41, 5.74) is 0.431. The lowest BCUT2D eigenvalue weighted by Crippen LogP contribution is -2.15. The predicted octanol–water partition coefficient (Wildman–Crippen LogP) is 5.16. The summed E-state index contributed by atoms with van der Waals surface area (Å²) < 4.78 is 2.06. The van der Waals surface area contributed by atoms with Crippen molar-refractivity contribution in [2.24, 2.45) is 0 Å². The van der Waals surface area contributed by atoms with Crippen molar-refractivity contribution in [1.29, 1.82) is 0 Å². The second-order valence-corrected chi connectivity index (χ2v) is 7.91. The van der Waals surface area contributed by atoms with E-state index in [1.165, 1.54) is 24.6 Å². The van der Waals surface area contributed by atoms with Crippen molar-refractivity contribution in [1.82, 2.24) is 14.8 Å². The van der Waals surface area contributed by atoms with Gasteiger partial charge in [-0.25, -0.2) is 0 Å². The van der Waals surface area contributed by atoms with E-state index in [0.29, 0.717) is 28.2 Å². The van der Waals surface area contributed by atoms with Crippen LogP contribution in [0.2, 0.25) is 10.0 Å². The summed E-state index contributed by atoms with van der Waals surface area (Å²) >= 11 is 13.5. The summed E-state index contributed by atoms with van der Waals surface area (Å²) in [5.74, 6) is 1.45. The average molecular weight is 411 g/mol. The molecule has 1 amide bonds. The van der Waals surface area contributed by atoms with Crippen LogP contribution in [0.1, 0.15) is 37.4 Å². The molecule has 1 heterocycles. The summed E-state index contributed by atoms with van der Waals surface area (Å²) in [5, 5.41) is 13.0. The molecule has 1 saturated carbocycles. The highest BCUT2D eigenvalue weighted by atomic mass is 35.5. The highest BCUT2D eigenvalue weighted by molar-refractivity contribution is 7.99. The van der Waals surface area contributed by atoms with E-state index in [2.05, 4.69) is 26.7 Å². The van der Waals surface area contributed by atoms with E-state index in [0.717, 1.165) is 23.8 Å². The first kappa shape index (κ1) is 19.3. The Bertz CT molecular complexity index is 782. The van der Waals surface area contributed by atoms with E-state index in [4.69, 9.17) is 23.2 Å². The molecule has 26 heavy (non-hydrogen) atoms. The number of nitrogens with one attached hydrogen (secondary N) is 1. The third-order valence-electron chi connectivity index (χ3n) is 4.34. The first-order valence-electron chi connectivity index (χ1n) is 8.50. The molecule has 1 aromatic heterocycles. The maximum absolute atomic E-state index is 12.3. The molecule has 5 nitrogen and oxygen atoms in total. The predicted molar refractivity (Wildman–Crippen MR) is 107 cm³/mol. The fraction of sp³-hybridized carbons (Fsp3) is 0.389. The summed E-state index contributed by atoms with van der Waals surface area (Å²) in [6, 6.07) is 5.10. The number of allylic oxidation sites excluding steroid dienone is 1. The number of rotatable bonds is 7. The molecule has 0 saturated heterocycles. The Labute approximate surface area is 167 Å². The highest BCUT2D eigenvalue weighted by Crippen LogP contribution is 2.35. The van der Waals surface area contributed by atoms with E-state index in [9.17, 15) is 4.79 Å². The Morgan fingerprint density at radius 2 is 2.00 bits per heavy atom. The van der Waals surface area contributed by atoms with E-state index in [-0.39, 0.29) is 11.7 Å². The third kappa shape index (κ3) is 4.42. The maximum Gasteiger partial charge on any atom is 0.234 e. The zero-order valence-electron chi connectivity index (χ0n) is 14.3. The summed E-state index contributed by atoms with van der Waals surface area (Å²) in [4.78, 5) is 12.3. The van der Waals surface area contributed by atoms with Crippen LogP contribution >= 0.6 is 35.0 Å². The van der Waals surface area contributed by atoms with Gasteiger partial charge in [0.25, 0.3) is 0 Å². The normalized spacial score (nSPS) is 14.5. The van der Waals surface area contributed by atoms with Crippen LogP contribution in [-0.4, -0.2) is 26.4 Å². The van der Waals surface area contributed by atoms with Gasteiger partial charge in [-0.2, -0.15) is 0 Å². The Hall–Kier alpha value is -1.50. The van der Waals surface area contributed by atoms with Crippen LogP contribution in [0, 0.1) is 0 Å². The van der Waals surface area contributed by atoms with Gasteiger partial charge in [-0.05, 0) is 25.0 Å². The van der Waals surface area contributed by atoms with Gasteiger partial charge < -0.3 is 9.88 Å². The zero-order chi connectivity index (χ0) is 18.5. The Morgan fingerprint density at radius 1 is 1.31 bits per heavy atom. The lowest BCUT2D eigenvalue weighted by atomic mass is 10.1. The number of hydrogen-bond donors (Lipinski definition) is 1. The molecule has 0 bridgehead atoms.